The number of benzene rings is 1. The molecule has 1 aromatic carbocycles. The third kappa shape index (κ3) is 5.77. The molecule has 0 fully saturated rings. The summed E-state index contributed by atoms with van der Waals surface area (Å²) in [6, 6.07) is 5.26. The summed E-state index contributed by atoms with van der Waals surface area (Å²) in [5.74, 6) is 1.35. The first-order valence-electron chi connectivity index (χ1n) is 6.81. The van der Waals surface area contributed by atoms with Gasteiger partial charge in [0.2, 0.25) is 0 Å². The molecule has 3 nitrogen and oxygen atoms in total. The topological polar surface area (TPSA) is 35.5 Å². The lowest BCUT2D eigenvalue weighted by Crippen LogP contribution is -2.08. The number of carbonyl (C=O) groups excluding carboxylic acids is 1. The molecule has 0 amide bonds. The van der Waals surface area contributed by atoms with Crippen molar-refractivity contribution in [1.29, 1.82) is 0 Å². The van der Waals surface area contributed by atoms with Crippen LogP contribution in [0.3, 0.4) is 0 Å². The van der Waals surface area contributed by atoms with Crippen molar-refractivity contribution in [3.05, 3.63) is 23.8 Å². The first kappa shape index (κ1) is 15.5. The highest BCUT2D eigenvalue weighted by molar-refractivity contribution is 5.76. The maximum Gasteiger partial charge on any atom is 0.161 e. The molecule has 1 aromatic rings. The van der Waals surface area contributed by atoms with Crippen LogP contribution in [0.25, 0.3) is 0 Å². The molecule has 3 heteroatoms. The van der Waals surface area contributed by atoms with Gasteiger partial charge in [-0.3, -0.25) is 4.79 Å². The average molecular weight is 264 g/mol. The van der Waals surface area contributed by atoms with Crippen molar-refractivity contribution in [2.75, 3.05) is 13.2 Å². The number of hydrogen-bond acceptors (Lipinski definition) is 3. The Balaban J connectivity index is 2.59. The highest BCUT2D eigenvalue weighted by Crippen LogP contribution is 2.29. The Hall–Kier alpha value is -1.51. The average Bonchev–Trinajstić information content (AvgIpc) is 2.35. The zero-order chi connectivity index (χ0) is 14.3. The number of carbonyl (C=O) groups is 1. The van der Waals surface area contributed by atoms with Gasteiger partial charge in [0.1, 0.15) is 6.29 Å². The van der Waals surface area contributed by atoms with Crippen LogP contribution >= 0.6 is 0 Å². The minimum absolute atomic E-state index is 0.327. The van der Waals surface area contributed by atoms with E-state index >= 15 is 0 Å². The number of ether oxygens (including phenoxy) is 2. The van der Waals surface area contributed by atoms with E-state index in [9.17, 15) is 4.79 Å². The van der Waals surface area contributed by atoms with E-state index < -0.39 is 0 Å². The van der Waals surface area contributed by atoms with Crippen LogP contribution in [0.4, 0.5) is 0 Å². The highest BCUT2D eigenvalue weighted by atomic mass is 16.5. The normalized spacial score (nSPS) is 11.2. The number of aldehydes is 1. The molecule has 0 aliphatic heterocycles. The van der Waals surface area contributed by atoms with Crippen LogP contribution in [0.15, 0.2) is 18.2 Å². The smallest absolute Gasteiger partial charge is 0.161 e. The second-order valence-corrected chi connectivity index (χ2v) is 5.77. The van der Waals surface area contributed by atoms with Gasteiger partial charge < -0.3 is 9.47 Å². The van der Waals surface area contributed by atoms with Crippen LogP contribution in [-0.2, 0) is 0 Å². The maximum absolute atomic E-state index is 10.7. The van der Waals surface area contributed by atoms with E-state index in [0.717, 1.165) is 19.1 Å². The van der Waals surface area contributed by atoms with E-state index in [-0.39, 0.29) is 0 Å². The van der Waals surface area contributed by atoms with Gasteiger partial charge in [-0.25, -0.2) is 0 Å². The Morgan fingerprint density at radius 2 is 1.89 bits per heavy atom. The van der Waals surface area contributed by atoms with Gasteiger partial charge in [0, 0.05) is 5.56 Å². The highest BCUT2D eigenvalue weighted by Gasteiger charge is 2.10. The number of rotatable bonds is 7. The van der Waals surface area contributed by atoms with Gasteiger partial charge in [-0.2, -0.15) is 0 Å². The van der Waals surface area contributed by atoms with Gasteiger partial charge in [-0.15, -0.1) is 0 Å². The van der Waals surface area contributed by atoms with Crippen LogP contribution in [0, 0.1) is 5.41 Å². The van der Waals surface area contributed by atoms with Gasteiger partial charge in [-0.05, 0) is 43.4 Å². The Kier molecular flexibility index (Phi) is 5.87. The second-order valence-electron chi connectivity index (χ2n) is 5.77. The summed E-state index contributed by atoms with van der Waals surface area (Å²) in [5.41, 5.74) is 0.929. The lowest BCUT2D eigenvalue weighted by molar-refractivity contribution is 0.112. The van der Waals surface area contributed by atoms with Crippen molar-refractivity contribution in [1.82, 2.24) is 0 Å². The van der Waals surface area contributed by atoms with Gasteiger partial charge >= 0.3 is 0 Å². The molecule has 0 atom stereocenters. The zero-order valence-electron chi connectivity index (χ0n) is 12.4. The fourth-order valence-corrected chi connectivity index (χ4v) is 1.77. The molecule has 0 radical (unpaired) electrons. The molecular weight excluding hydrogens is 240 g/mol. The fourth-order valence-electron chi connectivity index (χ4n) is 1.77. The van der Waals surface area contributed by atoms with E-state index in [1.54, 1.807) is 18.2 Å². The summed E-state index contributed by atoms with van der Waals surface area (Å²) in [5, 5.41) is 0. The Morgan fingerprint density at radius 3 is 2.47 bits per heavy atom. The van der Waals surface area contributed by atoms with Gasteiger partial charge in [-0.1, -0.05) is 20.8 Å². The van der Waals surface area contributed by atoms with E-state index in [2.05, 4.69) is 20.8 Å². The molecule has 0 unspecified atom stereocenters. The van der Waals surface area contributed by atoms with Crippen molar-refractivity contribution >= 4 is 6.29 Å². The van der Waals surface area contributed by atoms with Crippen molar-refractivity contribution in [2.24, 2.45) is 5.41 Å². The summed E-state index contributed by atoms with van der Waals surface area (Å²) in [6.45, 7) is 9.79. The predicted molar refractivity (Wildman–Crippen MR) is 77.2 cm³/mol. The molecule has 106 valence electrons. The fraction of sp³-hybridized carbons (Fsp3) is 0.562. The molecule has 0 aromatic heterocycles. The molecule has 0 aliphatic rings. The van der Waals surface area contributed by atoms with Crippen LogP contribution in [0.1, 0.15) is 50.9 Å². The summed E-state index contributed by atoms with van der Waals surface area (Å²) < 4.78 is 11.2. The quantitative estimate of drug-likeness (QED) is 0.549. The van der Waals surface area contributed by atoms with Crippen molar-refractivity contribution in [3.63, 3.8) is 0 Å². The maximum atomic E-state index is 10.7. The Bertz CT molecular complexity index is 405. The summed E-state index contributed by atoms with van der Waals surface area (Å²) >= 11 is 0. The Labute approximate surface area is 115 Å². The van der Waals surface area contributed by atoms with Crippen LogP contribution in [0.5, 0.6) is 11.5 Å². The third-order valence-corrected chi connectivity index (χ3v) is 2.73. The van der Waals surface area contributed by atoms with Crippen molar-refractivity contribution < 1.29 is 14.3 Å². The minimum Gasteiger partial charge on any atom is -0.490 e. The molecule has 0 spiro atoms. The standard InChI is InChI=1S/C16H24O3/c1-5-18-15-11-13(12-17)7-8-14(15)19-10-6-9-16(2,3)4/h7-8,11-12H,5-6,9-10H2,1-4H3. The monoisotopic (exact) mass is 264 g/mol. The molecular formula is C16H24O3. The molecule has 0 N–H and O–H groups in total. The SMILES string of the molecule is CCOc1cc(C=O)ccc1OCCCC(C)(C)C. The van der Waals surface area contributed by atoms with Crippen LogP contribution in [-0.4, -0.2) is 19.5 Å². The predicted octanol–water partition coefficient (Wildman–Crippen LogP) is 4.10. The molecule has 0 saturated carbocycles. The molecule has 0 bridgehead atoms. The zero-order valence-corrected chi connectivity index (χ0v) is 12.4. The molecule has 0 aliphatic carbocycles. The second kappa shape index (κ2) is 7.17. The largest absolute Gasteiger partial charge is 0.490 e. The lowest BCUT2D eigenvalue weighted by atomic mass is 9.91. The van der Waals surface area contributed by atoms with Crippen LogP contribution < -0.4 is 9.47 Å². The third-order valence-electron chi connectivity index (χ3n) is 2.73. The summed E-state index contributed by atoms with van der Waals surface area (Å²) in [4.78, 5) is 10.7. The summed E-state index contributed by atoms with van der Waals surface area (Å²) in [7, 11) is 0. The van der Waals surface area contributed by atoms with Crippen LogP contribution in [0.2, 0.25) is 0 Å². The van der Waals surface area contributed by atoms with Gasteiger partial charge in [0.25, 0.3) is 0 Å². The van der Waals surface area contributed by atoms with E-state index in [1.807, 2.05) is 6.92 Å². The molecule has 0 saturated heterocycles. The first-order valence-corrected chi connectivity index (χ1v) is 6.81. The van der Waals surface area contributed by atoms with E-state index in [4.69, 9.17) is 9.47 Å². The first-order chi connectivity index (χ1) is 8.96. The van der Waals surface area contributed by atoms with Crippen molar-refractivity contribution in [3.8, 4) is 11.5 Å². The minimum atomic E-state index is 0.327. The van der Waals surface area contributed by atoms with Crippen molar-refractivity contribution in [2.45, 2.75) is 40.5 Å². The van der Waals surface area contributed by atoms with E-state index in [1.165, 1.54) is 0 Å². The molecule has 1 rings (SSSR count). The molecule has 19 heavy (non-hydrogen) atoms. The summed E-state index contributed by atoms with van der Waals surface area (Å²) in [6.07, 6.45) is 2.93. The van der Waals surface area contributed by atoms with E-state index in [0.29, 0.717) is 35.7 Å². The number of hydrogen-bond donors (Lipinski definition) is 0. The van der Waals surface area contributed by atoms with Gasteiger partial charge in [0.15, 0.2) is 11.5 Å². The lowest BCUT2D eigenvalue weighted by Gasteiger charge is -2.18. The molecule has 0 heterocycles. The Morgan fingerprint density at radius 1 is 1.16 bits per heavy atom. The van der Waals surface area contributed by atoms with Gasteiger partial charge in [0.05, 0.1) is 13.2 Å².